The first kappa shape index (κ1) is 15.1. The second-order valence-corrected chi connectivity index (χ2v) is 6.96. The van der Waals surface area contributed by atoms with Gasteiger partial charge in [0.05, 0.1) is 5.25 Å². The largest absolute Gasteiger partial charge is 0.308 e. The van der Waals surface area contributed by atoms with Gasteiger partial charge in [-0.05, 0) is 44.0 Å². The van der Waals surface area contributed by atoms with E-state index in [0.29, 0.717) is 4.90 Å². The van der Waals surface area contributed by atoms with Crippen LogP contribution in [0.25, 0.3) is 0 Å². The number of para-hydroxylation sites is 1. The third kappa shape index (κ3) is 2.75. The highest BCUT2D eigenvalue weighted by molar-refractivity contribution is 8.00. The molecule has 4 heteroatoms. The van der Waals surface area contributed by atoms with Crippen molar-refractivity contribution in [3.63, 3.8) is 0 Å². The number of amides is 1. The topological polar surface area (TPSA) is 20.3 Å². The summed E-state index contributed by atoms with van der Waals surface area (Å²) < 4.78 is 13.8. The van der Waals surface area contributed by atoms with Crippen molar-refractivity contribution in [2.24, 2.45) is 0 Å². The van der Waals surface area contributed by atoms with Crippen molar-refractivity contribution >= 4 is 23.4 Å². The summed E-state index contributed by atoms with van der Waals surface area (Å²) in [6, 6.07) is 14.7. The van der Waals surface area contributed by atoms with Gasteiger partial charge < -0.3 is 4.90 Å². The Morgan fingerprint density at radius 2 is 1.91 bits per heavy atom. The molecule has 1 aliphatic rings. The van der Waals surface area contributed by atoms with Gasteiger partial charge in [0.15, 0.2) is 0 Å². The molecule has 2 aromatic carbocycles. The summed E-state index contributed by atoms with van der Waals surface area (Å²) in [5.41, 5.74) is 2.19. The van der Waals surface area contributed by atoms with Gasteiger partial charge in [0.1, 0.15) is 5.82 Å². The average Bonchev–Trinajstić information content (AvgIpc) is 2.84. The first-order chi connectivity index (χ1) is 10.6. The van der Waals surface area contributed by atoms with E-state index in [4.69, 9.17) is 0 Å². The monoisotopic (exact) mass is 315 g/mol. The van der Waals surface area contributed by atoms with E-state index in [1.54, 1.807) is 18.2 Å². The predicted molar refractivity (Wildman–Crippen MR) is 88.8 cm³/mol. The molecule has 2 nitrogen and oxygen atoms in total. The molecular formula is C18H18FNOS. The van der Waals surface area contributed by atoms with Crippen LogP contribution in [0.5, 0.6) is 0 Å². The summed E-state index contributed by atoms with van der Waals surface area (Å²) in [6.07, 6.45) is 0.874. The highest BCUT2D eigenvalue weighted by atomic mass is 32.2. The van der Waals surface area contributed by atoms with Gasteiger partial charge in [0.25, 0.3) is 0 Å². The van der Waals surface area contributed by atoms with Crippen LogP contribution in [0.3, 0.4) is 0 Å². The molecule has 0 saturated heterocycles. The van der Waals surface area contributed by atoms with E-state index in [0.717, 1.165) is 12.1 Å². The van der Waals surface area contributed by atoms with Gasteiger partial charge >= 0.3 is 0 Å². The molecular weight excluding hydrogens is 297 g/mol. The normalized spacial score (nSPS) is 18.1. The minimum atomic E-state index is -0.328. The molecule has 1 amide bonds. The lowest BCUT2D eigenvalue weighted by Crippen LogP contribution is -2.40. The zero-order chi connectivity index (χ0) is 15.7. The number of thioether (sulfide) groups is 1. The van der Waals surface area contributed by atoms with Crippen LogP contribution >= 0.6 is 11.8 Å². The number of carbonyl (C=O) groups excluding carboxylic acids is 1. The first-order valence-corrected chi connectivity index (χ1v) is 8.28. The van der Waals surface area contributed by atoms with Crippen molar-refractivity contribution in [2.45, 2.75) is 36.5 Å². The Balaban J connectivity index is 1.81. The number of carbonyl (C=O) groups is 1. The van der Waals surface area contributed by atoms with Crippen LogP contribution in [0.1, 0.15) is 19.4 Å². The van der Waals surface area contributed by atoms with E-state index in [-0.39, 0.29) is 23.0 Å². The first-order valence-electron chi connectivity index (χ1n) is 7.40. The number of fused-ring (bicyclic) bond motifs is 1. The minimum absolute atomic E-state index is 0.0331. The summed E-state index contributed by atoms with van der Waals surface area (Å²) in [4.78, 5) is 15.2. The smallest absolute Gasteiger partial charge is 0.240 e. The fourth-order valence-corrected chi connectivity index (χ4v) is 3.81. The Hall–Kier alpha value is -1.81. The van der Waals surface area contributed by atoms with Crippen molar-refractivity contribution in [3.05, 3.63) is 59.9 Å². The van der Waals surface area contributed by atoms with Crippen molar-refractivity contribution in [3.8, 4) is 0 Å². The van der Waals surface area contributed by atoms with Crippen molar-refractivity contribution in [1.29, 1.82) is 0 Å². The lowest BCUT2D eigenvalue weighted by atomic mass is 10.1. The van der Waals surface area contributed by atoms with Crippen molar-refractivity contribution in [1.82, 2.24) is 0 Å². The molecule has 0 bridgehead atoms. The Bertz CT molecular complexity index is 703. The Kier molecular flexibility index (Phi) is 4.21. The lowest BCUT2D eigenvalue weighted by Gasteiger charge is -2.26. The number of anilines is 1. The number of rotatable bonds is 3. The maximum absolute atomic E-state index is 13.8. The zero-order valence-corrected chi connectivity index (χ0v) is 13.4. The molecule has 22 heavy (non-hydrogen) atoms. The fourth-order valence-electron chi connectivity index (χ4n) is 2.88. The summed E-state index contributed by atoms with van der Waals surface area (Å²) in [7, 11) is 0. The van der Waals surface area contributed by atoms with Crippen LogP contribution in [-0.4, -0.2) is 17.2 Å². The van der Waals surface area contributed by atoms with Crippen molar-refractivity contribution < 1.29 is 9.18 Å². The SMILES string of the molecule is CC(Sc1ccccc1F)C(=O)N1c2ccccc2CC1C. The van der Waals surface area contributed by atoms with E-state index in [1.165, 1.54) is 23.4 Å². The number of halogens is 1. The van der Waals surface area contributed by atoms with Crippen LogP contribution in [0.15, 0.2) is 53.4 Å². The molecule has 0 aliphatic carbocycles. The minimum Gasteiger partial charge on any atom is -0.308 e. The number of benzene rings is 2. The standard InChI is InChI=1S/C18H18FNOS/c1-12-11-14-7-3-5-9-16(14)20(12)18(21)13(2)22-17-10-6-4-8-15(17)19/h3-10,12-13H,11H2,1-2H3. The molecule has 2 atom stereocenters. The molecule has 2 unspecified atom stereocenters. The van der Waals surface area contributed by atoms with E-state index < -0.39 is 0 Å². The molecule has 0 aromatic heterocycles. The second kappa shape index (κ2) is 6.13. The third-order valence-corrected chi connectivity index (χ3v) is 5.07. The quantitative estimate of drug-likeness (QED) is 0.788. The maximum Gasteiger partial charge on any atom is 0.240 e. The highest BCUT2D eigenvalue weighted by Crippen LogP contribution is 2.35. The molecule has 3 rings (SSSR count). The van der Waals surface area contributed by atoms with E-state index in [2.05, 4.69) is 13.0 Å². The summed E-state index contributed by atoms with van der Waals surface area (Å²) in [5.74, 6) is -0.243. The third-order valence-electron chi connectivity index (χ3n) is 3.93. The second-order valence-electron chi connectivity index (χ2n) is 5.58. The molecule has 0 radical (unpaired) electrons. The van der Waals surface area contributed by atoms with Crippen LogP contribution in [0.4, 0.5) is 10.1 Å². The molecule has 1 aliphatic heterocycles. The Morgan fingerprint density at radius 3 is 2.68 bits per heavy atom. The zero-order valence-electron chi connectivity index (χ0n) is 12.6. The van der Waals surface area contributed by atoms with E-state index in [1.807, 2.05) is 30.0 Å². The van der Waals surface area contributed by atoms with Gasteiger partial charge in [-0.25, -0.2) is 4.39 Å². The molecule has 2 aromatic rings. The lowest BCUT2D eigenvalue weighted by molar-refractivity contribution is -0.118. The van der Waals surface area contributed by atoms with Gasteiger partial charge in [-0.15, -0.1) is 11.8 Å². The Morgan fingerprint density at radius 1 is 1.23 bits per heavy atom. The Labute approximate surface area is 134 Å². The number of nitrogens with zero attached hydrogens (tertiary/aromatic N) is 1. The summed E-state index contributed by atoms with van der Waals surface area (Å²) in [5, 5.41) is -0.328. The fraction of sp³-hybridized carbons (Fsp3) is 0.278. The predicted octanol–water partition coefficient (Wildman–Crippen LogP) is 4.28. The molecule has 0 N–H and O–H groups in total. The van der Waals surface area contributed by atoms with Crippen LogP contribution in [-0.2, 0) is 11.2 Å². The van der Waals surface area contributed by atoms with E-state index >= 15 is 0 Å². The van der Waals surface area contributed by atoms with Crippen molar-refractivity contribution in [2.75, 3.05) is 4.90 Å². The van der Waals surface area contributed by atoms with Gasteiger partial charge in [0, 0.05) is 16.6 Å². The summed E-state index contributed by atoms with van der Waals surface area (Å²) >= 11 is 1.28. The maximum atomic E-state index is 13.8. The van der Waals surface area contributed by atoms with Crippen LogP contribution in [0.2, 0.25) is 0 Å². The molecule has 0 saturated carbocycles. The highest BCUT2D eigenvalue weighted by Gasteiger charge is 2.33. The molecule has 1 heterocycles. The van der Waals surface area contributed by atoms with Gasteiger partial charge in [-0.2, -0.15) is 0 Å². The van der Waals surface area contributed by atoms with Gasteiger partial charge in [-0.1, -0.05) is 30.3 Å². The molecule has 0 spiro atoms. The average molecular weight is 315 g/mol. The van der Waals surface area contributed by atoms with Gasteiger partial charge in [-0.3, -0.25) is 4.79 Å². The molecule has 114 valence electrons. The van der Waals surface area contributed by atoms with Crippen LogP contribution < -0.4 is 4.90 Å². The number of hydrogen-bond acceptors (Lipinski definition) is 2. The van der Waals surface area contributed by atoms with Gasteiger partial charge in [0.2, 0.25) is 5.91 Å². The summed E-state index contributed by atoms with van der Waals surface area (Å²) in [6.45, 7) is 3.89. The number of hydrogen-bond donors (Lipinski definition) is 0. The van der Waals surface area contributed by atoms with E-state index in [9.17, 15) is 9.18 Å². The van der Waals surface area contributed by atoms with Crippen LogP contribution in [0, 0.1) is 5.82 Å². The molecule has 0 fully saturated rings.